The van der Waals surface area contributed by atoms with Gasteiger partial charge in [0.15, 0.2) is 0 Å². The maximum absolute atomic E-state index is 5.65. The topological polar surface area (TPSA) is 38.0 Å². The zero-order valence-corrected chi connectivity index (χ0v) is 11.6. The van der Waals surface area contributed by atoms with Gasteiger partial charge in [0.2, 0.25) is 0 Å². The molecule has 2 nitrogen and oxygen atoms in total. The van der Waals surface area contributed by atoms with Gasteiger partial charge in [0, 0.05) is 0 Å². The van der Waals surface area contributed by atoms with Crippen LogP contribution in [0, 0.1) is 11.8 Å². The molecule has 0 heterocycles. The summed E-state index contributed by atoms with van der Waals surface area (Å²) < 4.78 is 0. The van der Waals surface area contributed by atoms with Crippen LogP contribution in [0.1, 0.15) is 59.3 Å². The lowest BCUT2D eigenvalue weighted by Gasteiger charge is -2.12. The van der Waals surface area contributed by atoms with Crippen molar-refractivity contribution in [3.05, 3.63) is 0 Å². The van der Waals surface area contributed by atoms with Crippen LogP contribution < -0.4 is 11.1 Å². The molecule has 0 aromatic rings. The van der Waals surface area contributed by atoms with E-state index < -0.39 is 0 Å². The highest BCUT2D eigenvalue weighted by atomic mass is 14.9. The Morgan fingerprint density at radius 3 is 2.31 bits per heavy atom. The summed E-state index contributed by atoms with van der Waals surface area (Å²) in [6.45, 7) is 9.90. The molecule has 1 unspecified atom stereocenters. The van der Waals surface area contributed by atoms with Gasteiger partial charge < -0.3 is 11.1 Å². The Morgan fingerprint density at radius 1 is 1.06 bits per heavy atom. The van der Waals surface area contributed by atoms with E-state index in [1.165, 1.54) is 38.5 Å². The van der Waals surface area contributed by atoms with Gasteiger partial charge in [-0.1, -0.05) is 52.9 Å². The molecule has 0 aromatic heterocycles. The molecule has 0 rings (SSSR count). The van der Waals surface area contributed by atoms with Gasteiger partial charge in [-0.2, -0.15) is 0 Å². The fraction of sp³-hybridized carbons (Fsp3) is 1.00. The van der Waals surface area contributed by atoms with Crippen molar-refractivity contribution in [3.8, 4) is 0 Å². The van der Waals surface area contributed by atoms with Gasteiger partial charge in [0.1, 0.15) is 0 Å². The first-order chi connectivity index (χ1) is 7.70. The third-order valence-electron chi connectivity index (χ3n) is 3.23. The monoisotopic (exact) mass is 228 g/mol. The number of nitrogens with two attached hydrogens (primary N) is 1. The Hall–Kier alpha value is -0.0800. The van der Waals surface area contributed by atoms with Gasteiger partial charge >= 0.3 is 0 Å². The highest BCUT2D eigenvalue weighted by molar-refractivity contribution is 4.61. The Morgan fingerprint density at radius 2 is 1.75 bits per heavy atom. The maximum Gasteiger partial charge on any atom is -0.000856 e. The fourth-order valence-electron chi connectivity index (χ4n) is 1.86. The fourth-order valence-corrected chi connectivity index (χ4v) is 1.86. The third-order valence-corrected chi connectivity index (χ3v) is 3.23. The molecule has 0 spiro atoms. The SMILES string of the molecule is CCC(CN)CNCCCCCCC(C)C. The van der Waals surface area contributed by atoms with E-state index in [0.717, 1.165) is 25.6 Å². The van der Waals surface area contributed by atoms with Crippen molar-refractivity contribution in [1.29, 1.82) is 0 Å². The highest BCUT2D eigenvalue weighted by Gasteiger charge is 2.01. The second-order valence-corrected chi connectivity index (χ2v) is 5.31. The third kappa shape index (κ3) is 10.4. The Kier molecular flexibility index (Phi) is 11.3. The summed E-state index contributed by atoms with van der Waals surface area (Å²) in [5.41, 5.74) is 5.65. The first-order valence-electron chi connectivity index (χ1n) is 7.11. The van der Waals surface area contributed by atoms with E-state index in [9.17, 15) is 0 Å². The first kappa shape index (κ1) is 15.9. The summed E-state index contributed by atoms with van der Waals surface area (Å²) in [6.07, 6.45) is 8.07. The lowest BCUT2D eigenvalue weighted by Crippen LogP contribution is -2.28. The maximum atomic E-state index is 5.65. The van der Waals surface area contributed by atoms with Crippen LogP contribution in [0.3, 0.4) is 0 Å². The minimum atomic E-state index is 0.668. The van der Waals surface area contributed by atoms with Crippen molar-refractivity contribution in [2.75, 3.05) is 19.6 Å². The van der Waals surface area contributed by atoms with Crippen LogP contribution in [-0.2, 0) is 0 Å². The quantitative estimate of drug-likeness (QED) is 0.533. The van der Waals surface area contributed by atoms with Crippen molar-refractivity contribution in [2.24, 2.45) is 17.6 Å². The summed E-state index contributed by atoms with van der Waals surface area (Å²) in [6, 6.07) is 0. The van der Waals surface area contributed by atoms with Gasteiger partial charge in [-0.3, -0.25) is 0 Å². The minimum absolute atomic E-state index is 0.668. The summed E-state index contributed by atoms with van der Waals surface area (Å²) >= 11 is 0. The van der Waals surface area contributed by atoms with Crippen molar-refractivity contribution in [1.82, 2.24) is 5.32 Å². The molecule has 1 atom stereocenters. The molecular formula is C14H32N2. The molecule has 0 fully saturated rings. The zero-order valence-electron chi connectivity index (χ0n) is 11.6. The standard InChI is InChI=1S/C14H32N2/c1-4-14(11-15)12-16-10-8-6-5-7-9-13(2)3/h13-14,16H,4-12,15H2,1-3H3. The first-order valence-corrected chi connectivity index (χ1v) is 7.11. The van der Waals surface area contributed by atoms with E-state index in [1.807, 2.05) is 0 Å². The average molecular weight is 228 g/mol. The van der Waals surface area contributed by atoms with Crippen molar-refractivity contribution in [3.63, 3.8) is 0 Å². The van der Waals surface area contributed by atoms with E-state index in [-0.39, 0.29) is 0 Å². The van der Waals surface area contributed by atoms with E-state index >= 15 is 0 Å². The zero-order chi connectivity index (χ0) is 12.2. The average Bonchev–Trinajstić information content (AvgIpc) is 2.27. The number of nitrogens with one attached hydrogen (secondary N) is 1. The van der Waals surface area contributed by atoms with Crippen molar-refractivity contribution in [2.45, 2.75) is 59.3 Å². The van der Waals surface area contributed by atoms with Gasteiger partial charge in [-0.05, 0) is 37.9 Å². The van der Waals surface area contributed by atoms with Crippen LogP contribution in [0.15, 0.2) is 0 Å². The van der Waals surface area contributed by atoms with Crippen LogP contribution in [-0.4, -0.2) is 19.6 Å². The molecule has 0 radical (unpaired) electrons. The summed E-state index contributed by atoms with van der Waals surface area (Å²) in [5.74, 6) is 1.54. The number of unbranched alkanes of at least 4 members (excludes halogenated alkanes) is 3. The van der Waals surface area contributed by atoms with E-state index in [4.69, 9.17) is 5.73 Å². The molecule has 0 aliphatic carbocycles. The van der Waals surface area contributed by atoms with Crippen LogP contribution in [0.2, 0.25) is 0 Å². The Balaban J connectivity index is 3.09. The molecule has 0 bridgehead atoms. The largest absolute Gasteiger partial charge is 0.330 e. The van der Waals surface area contributed by atoms with Gasteiger partial charge in [-0.25, -0.2) is 0 Å². The van der Waals surface area contributed by atoms with Gasteiger partial charge in [0.25, 0.3) is 0 Å². The van der Waals surface area contributed by atoms with Gasteiger partial charge in [0.05, 0.1) is 0 Å². The highest BCUT2D eigenvalue weighted by Crippen LogP contribution is 2.09. The second-order valence-electron chi connectivity index (χ2n) is 5.31. The molecule has 3 N–H and O–H groups in total. The molecule has 0 amide bonds. The van der Waals surface area contributed by atoms with E-state index in [0.29, 0.717) is 5.92 Å². The van der Waals surface area contributed by atoms with E-state index in [2.05, 4.69) is 26.1 Å². The van der Waals surface area contributed by atoms with Crippen molar-refractivity contribution < 1.29 is 0 Å². The normalized spacial score (nSPS) is 13.3. The Bertz CT molecular complexity index is 131. The molecule has 0 aliphatic rings. The van der Waals surface area contributed by atoms with Crippen molar-refractivity contribution >= 4 is 0 Å². The molecule has 0 aliphatic heterocycles. The van der Waals surface area contributed by atoms with Gasteiger partial charge in [-0.15, -0.1) is 0 Å². The predicted octanol–water partition coefficient (Wildman–Crippen LogP) is 3.17. The summed E-state index contributed by atoms with van der Waals surface area (Å²) in [4.78, 5) is 0. The second kappa shape index (κ2) is 11.4. The van der Waals surface area contributed by atoms with Crippen LogP contribution in [0.4, 0.5) is 0 Å². The lowest BCUT2D eigenvalue weighted by molar-refractivity contribution is 0.459. The number of hydrogen-bond donors (Lipinski definition) is 2. The molecule has 16 heavy (non-hydrogen) atoms. The van der Waals surface area contributed by atoms with Crippen LogP contribution in [0.25, 0.3) is 0 Å². The lowest BCUT2D eigenvalue weighted by atomic mass is 10.0. The molecule has 0 saturated carbocycles. The number of rotatable bonds is 11. The smallest absolute Gasteiger partial charge is 0.000856 e. The predicted molar refractivity (Wildman–Crippen MR) is 73.6 cm³/mol. The molecule has 0 aromatic carbocycles. The molecular weight excluding hydrogens is 196 g/mol. The molecule has 98 valence electrons. The van der Waals surface area contributed by atoms with Crippen LogP contribution in [0.5, 0.6) is 0 Å². The Labute approximate surface area is 102 Å². The van der Waals surface area contributed by atoms with Crippen LogP contribution >= 0.6 is 0 Å². The number of hydrogen-bond acceptors (Lipinski definition) is 2. The summed E-state index contributed by atoms with van der Waals surface area (Å²) in [7, 11) is 0. The molecule has 0 saturated heterocycles. The van der Waals surface area contributed by atoms with E-state index in [1.54, 1.807) is 0 Å². The summed E-state index contributed by atoms with van der Waals surface area (Å²) in [5, 5.41) is 3.51. The molecule has 2 heteroatoms. The minimum Gasteiger partial charge on any atom is -0.330 e.